The van der Waals surface area contributed by atoms with Gasteiger partial charge in [-0.15, -0.1) is 0 Å². The first-order chi connectivity index (χ1) is 13.3. The van der Waals surface area contributed by atoms with Crippen LogP contribution in [0.15, 0.2) is 48.5 Å². The Morgan fingerprint density at radius 3 is 2.63 bits per heavy atom. The number of likely N-dealkylation sites (tertiary alicyclic amines) is 1. The Morgan fingerprint density at radius 2 is 1.78 bits per heavy atom. The van der Waals surface area contributed by atoms with Gasteiger partial charge in [-0.2, -0.15) is 0 Å². The van der Waals surface area contributed by atoms with Gasteiger partial charge in [0.15, 0.2) is 11.5 Å². The second-order valence-corrected chi connectivity index (χ2v) is 7.24. The molecule has 1 N–H and O–H groups in total. The van der Waals surface area contributed by atoms with Gasteiger partial charge in [0.1, 0.15) is 6.61 Å². The van der Waals surface area contributed by atoms with Crippen molar-refractivity contribution >= 4 is 5.91 Å². The number of hydrogen-bond acceptors (Lipinski definition) is 4. The van der Waals surface area contributed by atoms with Crippen LogP contribution in [0.25, 0.3) is 0 Å². The van der Waals surface area contributed by atoms with E-state index in [4.69, 9.17) is 9.47 Å². The molecule has 1 saturated heterocycles. The molecule has 1 atom stereocenters. The summed E-state index contributed by atoms with van der Waals surface area (Å²) in [6.07, 6.45) is 3.32. The minimum absolute atomic E-state index is 0.147. The monoisotopic (exact) mass is 366 g/mol. The van der Waals surface area contributed by atoms with Crippen molar-refractivity contribution in [1.29, 1.82) is 0 Å². The van der Waals surface area contributed by atoms with E-state index < -0.39 is 6.10 Å². The summed E-state index contributed by atoms with van der Waals surface area (Å²) in [4.78, 5) is 15.0. The highest BCUT2D eigenvalue weighted by molar-refractivity contribution is 5.81. The molecular weight excluding hydrogens is 340 g/mol. The van der Waals surface area contributed by atoms with Crippen LogP contribution in [0.3, 0.4) is 0 Å². The van der Waals surface area contributed by atoms with Crippen LogP contribution in [0.5, 0.6) is 11.5 Å². The molecule has 0 aliphatic carbocycles. The number of piperidine rings is 1. The van der Waals surface area contributed by atoms with Gasteiger partial charge >= 0.3 is 0 Å². The van der Waals surface area contributed by atoms with E-state index in [1.807, 2.05) is 30.3 Å². The zero-order valence-corrected chi connectivity index (χ0v) is 15.5. The average molecular weight is 366 g/mol. The molecule has 1 fully saturated rings. The Hall–Kier alpha value is -2.53. The topological polar surface area (TPSA) is 50.8 Å². The number of para-hydroxylation sites is 2. The molecule has 1 amide bonds. The Balaban J connectivity index is 1.31. The number of rotatable bonds is 5. The van der Waals surface area contributed by atoms with Gasteiger partial charge in [0, 0.05) is 13.1 Å². The van der Waals surface area contributed by atoms with Crippen molar-refractivity contribution in [3.8, 4) is 11.5 Å². The lowest BCUT2D eigenvalue weighted by molar-refractivity contribution is -0.130. The first kappa shape index (κ1) is 17.9. The van der Waals surface area contributed by atoms with Gasteiger partial charge in [-0.3, -0.25) is 9.69 Å². The van der Waals surface area contributed by atoms with Crippen molar-refractivity contribution in [2.75, 3.05) is 19.7 Å². The fraction of sp³-hybridized carbons (Fsp3) is 0.409. The third-order valence-corrected chi connectivity index (χ3v) is 5.11. The average Bonchev–Trinajstić information content (AvgIpc) is 2.73. The van der Waals surface area contributed by atoms with E-state index in [0.29, 0.717) is 18.0 Å². The number of carbonyl (C=O) groups excluding carboxylic acids is 1. The van der Waals surface area contributed by atoms with Crippen LogP contribution in [0.4, 0.5) is 0 Å². The summed E-state index contributed by atoms with van der Waals surface area (Å²) in [5.41, 5.74) is 2.41. The SMILES string of the molecule is O=C(NCc1cccc(CN2CCCCC2)c1)C1COc2ccccc2O1. The zero-order valence-electron chi connectivity index (χ0n) is 15.5. The van der Waals surface area contributed by atoms with Crippen LogP contribution in [0.1, 0.15) is 30.4 Å². The van der Waals surface area contributed by atoms with Gasteiger partial charge in [0.2, 0.25) is 6.10 Å². The molecule has 2 aliphatic rings. The van der Waals surface area contributed by atoms with Crippen molar-refractivity contribution in [3.63, 3.8) is 0 Å². The highest BCUT2D eigenvalue weighted by Gasteiger charge is 2.26. The molecule has 1 unspecified atom stereocenters. The van der Waals surface area contributed by atoms with Crippen molar-refractivity contribution in [2.45, 2.75) is 38.5 Å². The fourth-order valence-electron chi connectivity index (χ4n) is 3.67. The zero-order chi connectivity index (χ0) is 18.5. The molecule has 0 spiro atoms. The van der Waals surface area contributed by atoms with Crippen LogP contribution >= 0.6 is 0 Å². The van der Waals surface area contributed by atoms with Gasteiger partial charge in [-0.25, -0.2) is 0 Å². The Labute approximate surface area is 160 Å². The van der Waals surface area contributed by atoms with Crippen molar-refractivity contribution < 1.29 is 14.3 Å². The number of amides is 1. The molecule has 2 aromatic rings. The number of hydrogen-bond donors (Lipinski definition) is 1. The van der Waals surface area contributed by atoms with E-state index in [2.05, 4.69) is 28.4 Å². The number of carbonyl (C=O) groups is 1. The summed E-state index contributed by atoms with van der Waals surface area (Å²) < 4.78 is 11.4. The Morgan fingerprint density at radius 1 is 1.00 bits per heavy atom. The van der Waals surface area contributed by atoms with Gasteiger partial charge in [0.05, 0.1) is 0 Å². The molecule has 0 radical (unpaired) electrons. The molecule has 0 saturated carbocycles. The van der Waals surface area contributed by atoms with Crippen LogP contribution in [0, 0.1) is 0 Å². The molecule has 2 aromatic carbocycles. The first-order valence-electron chi connectivity index (χ1n) is 9.74. The summed E-state index contributed by atoms with van der Waals surface area (Å²) in [5.74, 6) is 1.16. The highest BCUT2D eigenvalue weighted by Crippen LogP contribution is 2.30. The molecule has 142 valence electrons. The van der Waals surface area contributed by atoms with Crippen LogP contribution in [-0.4, -0.2) is 36.6 Å². The number of nitrogens with one attached hydrogen (secondary N) is 1. The molecule has 2 aliphatic heterocycles. The van der Waals surface area contributed by atoms with E-state index in [9.17, 15) is 4.79 Å². The number of ether oxygens (including phenoxy) is 2. The molecule has 4 rings (SSSR count). The van der Waals surface area contributed by atoms with Crippen LogP contribution in [-0.2, 0) is 17.9 Å². The number of benzene rings is 2. The summed E-state index contributed by atoms with van der Waals surface area (Å²) in [5, 5.41) is 2.97. The fourth-order valence-corrected chi connectivity index (χ4v) is 3.67. The van der Waals surface area contributed by atoms with Gasteiger partial charge in [0.25, 0.3) is 5.91 Å². The van der Waals surface area contributed by atoms with Crippen molar-refractivity contribution in [2.24, 2.45) is 0 Å². The lowest BCUT2D eigenvalue weighted by atomic mass is 10.1. The molecule has 27 heavy (non-hydrogen) atoms. The van der Waals surface area contributed by atoms with E-state index in [0.717, 1.165) is 12.1 Å². The van der Waals surface area contributed by atoms with Gasteiger partial charge in [-0.05, 0) is 49.2 Å². The molecule has 5 nitrogen and oxygen atoms in total. The summed E-state index contributed by atoms with van der Waals surface area (Å²) in [6, 6.07) is 15.9. The molecule has 5 heteroatoms. The summed E-state index contributed by atoms with van der Waals surface area (Å²) >= 11 is 0. The molecular formula is C22H26N2O3. The smallest absolute Gasteiger partial charge is 0.264 e. The van der Waals surface area contributed by atoms with E-state index in [-0.39, 0.29) is 12.5 Å². The highest BCUT2D eigenvalue weighted by atomic mass is 16.6. The van der Waals surface area contributed by atoms with E-state index in [1.165, 1.54) is 37.9 Å². The quantitative estimate of drug-likeness (QED) is 0.883. The normalized spacial score (nSPS) is 19.5. The molecule has 0 aromatic heterocycles. The second-order valence-electron chi connectivity index (χ2n) is 7.24. The minimum atomic E-state index is -0.614. The predicted octanol–water partition coefficient (Wildman–Crippen LogP) is 3.13. The predicted molar refractivity (Wildman–Crippen MR) is 104 cm³/mol. The third-order valence-electron chi connectivity index (χ3n) is 5.11. The molecule has 0 bridgehead atoms. The minimum Gasteiger partial charge on any atom is -0.485 e. The third kappa shape index (κ3) is 4.61. The first-order valence-corrected chi connectivity index (χ1v) is 9.74. The maximum Gasteiger partial charge on any atom is 0.264 e. The van der Waals surface area contributed by atoms with Crippen LogP contribution < -0.4 is 14.8 Å². The molecule has 2 heterocycles. The van der Waals surface area contributed by atoms with E-state index >= 15 is 0 Å². The second kappa shape index (κ2) is 8.44. The van der Waals surface area contributed by atoms with E-state index in [1.54, 1.807) is 0 Å². The van der Waals surface area contributed by atoms with Gasteiger partial charge < -0.3 is 14.8 Å². The Kier molecular flexibility index (Phi) is 5.58. The van der Waals surface area contributed by atoms with Crippen molar-refractivity contribution in [3.05, 3.63) is 59.7 Å². The maximum absolute atomic E-state index is 12.5. The van der Waals surface area contributed by atoms with Gasteiger partial charge in [-0.1, -0.05) is 42.8 Å². The largest absolute Gasteiger partial charge is 0.485 e. The van der Waals surface area contributed by atoms with Crippen LogP contribution in [0.2, 0.25) is 0 Å². The Bertz CT molecular complexity index is 787. The summed E-state index contributed by atoms with van der Waals surface area (Å²) in [6.45, 7) is 4.08. The van der Waals surface area contributed by atoms with Crippen molar-refractivity contribution in [1.82, 2.24) is 10.2 Å². The number of fused-ring (bicyclic) bond motifs is 1. The number of nitrogens with zero attached hydrogens (tertiary/aromatic N) is 1. The lowest BCUT2D eigenvalue weighted by Gasteiger charge is -2.26. The lowest BCUT2D eigenvalue weighted by Crippen LogP contribution is -2.43. The summed E-state index contributed by atoms with van der Waals surface area (Å²) in [7, 11) is 0. The standard InChI is InChI=1S/C22H26N2O3/c25-22(21-16-26-19-9-2-3-10-20(19)27-21)23-14-17-7-6-8-18(13-17)15-24-11-4-1-5-12-24/h2-3,6-10,13,21H,1,4-5,11-12,14-16H2,(H,23,25). The maximum atomic E-state index is 12.5.